The molecule has 2 amide bonds. The van der Waals surface area contributed by atoms with Crippen LogP contribution in [0.2, 0.25) is 5.02 Å². The van der Waals surface area contributed by atoms with Gasteiger partial charge in [0.2, 0.25) is 5.91 Å². The van der Waals surface area contributed by atoms with Gasteiger partial charge < -0.3 is 15.0 Å². The van der Waals surface area contributed by atoms with Gasteiger partial charge in [-0.1, -0.05) is 59.2 Å². The van der Waals surface area contributed by atoms with Gasteiger partial charge in [0.25, 0.3) is 0 Å². The first kappa shape index (κ1) is 24.2. The largest absolute Gasteiger partial charge is 0.447 e. The van der Waals surface area contributed by atoms with Crippen LogP contribution >= 0.6 is 11.6 Å². The fourth-order valence-electron chi connectivity index (χ4n) is 2.99. The number of nitrogens with one attached hydrogen (secondary N) is 2. The summed E-state index contributed by atoms with van der Waals surface area (Å²) >= 11 is 5.96. The van der Waals surface area contributed by atoms with Crippen LogP contribution in [0.15, 0.2) is 59.1 Å². The van der Waals surface area contributed by atoms with Gasteiger partial charge in [0.05, 0.1) is 11.1 Å². The monoisotopic (exact) mass is 475 g/mol. The van der Waals surface area contributed by atoms with Crippen LogP contribution in [0.1, 0.15) is 12.5 Å². The highest BCUT2D eigenvalue weighted by Crippen LogP contribution is 2.22. The van der Waals surface area contributed by atoms with Crippen LogP contribution in [0.25, 0.3) is 11.3 Å². The third-order valence-electron chi connectivity index (χ3n) is 4.65. The summed E-state index contributed by atoms with van der Waals surface area (Å²) < 4.78 is 24.1. The number of carbonyl (C=O) groups excluding carboxylic acids is 2. The first-order chi connectivity index (χ1) is 15.9. The number of rotatable bonds is 9. The van der Waals surface area contributed by atoms with Gasteiger partial charge in [-0.2, -0.15) is 0 Å². The molecule has 9 nitrogen and oxygen atoms in total. The molecule has 1 aromatic heterocycles. The summed E-state index contributed by atoms with van der Waals surface area (Å²) in [5.41, 5.74) is 9.90. The van der Waals surface area contributed by atoms with Crippen LogP contribution < -0.4 is 16.5 Å². The van der Waals surface area contributed by atoms with Crippen molar-refractivity contribution in [3.8, 4) is 11.3 Å². The van der Waals surface area contributed by atoms with Crippen molar-refractivity contribution in [2.45, 2.75) is 19.5 Å². The van der Waals surface area contributed by atoms with Gasteiger partial charge in [-0.25, -0.2) is 14.6 Å². The summed E-state index contributed by atoms with van der Waals surface area (Å²) in [6.07, 6.45) is -0.793. The summed E-state index contributed by atoms with van der Waals surface area (Å²) in [5.74, 6) is -0.283. The van der Waals surface area contributed by atoms with E-state index in [4.69, 9.17) is 26.6 Å². The third kappa shape index (κ3) is 6.51. The Balaban J connectivity index is 1.56. The van der Waals surface area contributed by atoms with Crippen LogP contribution in [0, 0.1) is 5.82 Å². The van der Waals surface area contributed by atoms with E-state index in [0.717, 1.165) is 5.56 Å². The second-order valence-electron chi connectivity index (χ2n) is 6.99. The Morgan fingerprint density at radius 3 is 2.70 bits per heavy atom. The van der Waals surface area contributed by atoms with Gasteiger partial charge in [-0.15, -0.1) is 0 Å². The standard InChI is InChI=1S/C22H23ClFN5O4/c1-14(30)29(26-12-16-8-5-9-18(24)21(16)23)17(11-25)13-32-22(31)27-20-10-19(33-28-20)15-6-3-2-4-7-15/h2-10,17,26H,11-13,25H2,1H3,(H,27,28,31)/t17-/m0/s1. The second kappa shape index (κ2) is 11.4. The van der Waals surface area contributed by atoms with E-state index in [0.29, 0.717) is 11.3 Å². The van der Waals surface area contributed by atoms with Gasteiger partial charge in [-0.3, -0.25) is 15.1 Å². The molecular weight excluding hydrogens is 453 g/mol. The van der Waals surface area contributed by atoms with Crippen molar-refractivity contribution < 1.29 is 23.2 Å². The number of hydrogen-bond donors (Lipinski definition) is 3. The van der Waals surface area contributed by atoms with Gasteiger partial charge in [0.15, 0.2) is 11.6 Å². The van der Waals surface area contributed by atoms with E-state index in [1.165, 1.54) is 24.1 Å². The van der Waals surface area contributed by atoms with Crippen molar-refractivity contribution in [1.82, 2.24) is 15.6 Å². The molecule has 0 aliphatic rings. The van der Waals surface area contributed by atoms with Crippen molar-refractivity contribution in [3.05, 3.63) is 71.0 Å². The number of hydrogen-bond acceptors (Lipinski definition) is 7. The quantitative estimate of drug-likeness (QED) is 0.404. The molecule has 0 aliphatic carbocycles. The molecule has 1 atom stereocenters. The zero-order valence-corrected chi connectivity index (χ0v) is 18.5. The Bertz CT molecular complexity index is 1100. The fourth-order valence-corrected chi connectivity index (χ4v) is 3.18. The Kier molecular flexibility index (Phi) is 8.36. The van der Waals surface area contributed by atoms with Crippen LogP contribution in [0.3, 0.4) is 0 Å². The van der Waals surface area contributed by atoms with E-state index in [9.17, 15) is 14.0 Å². The lowest BCUT2D eigenvalue weighted by Crippen LogP contribution is -2.53. The molecule has 11 heteroatoms. The molecule has 0 unspecified atom stereocenters. The Hall–Kier alpha value is -3.47. The van der Waals surface area contributed by atoms with E-state index in [1.54, 1.807) is 12.1 Å². The number of nitrogens with zero attached hydrogens (tertiary/aromatic N) is 2. The van der Waals surface area contributed by atoms with Crippen LogP contribution in [-0.2, 0) is 16.1 Å². The highest BCUT2D eigenvalue weighted by atomic mass is 35.5. The number of nitrogens with two attached hydrogens (primary N) is 1. The van der Waals surface area contributed by atoms with Gasteiger partial charge >= 0.3 is 6.09 Å². The average molecular weight is 476 g/mol. The van der Waals surface area contributed by atoms with E-state index in [2.05, 4.69) is 15.9 Å². The summed E-state index contributed by atoms with van der Waals surface area (Å²) in [5, 5.41) is 7.43. The van der Waals surface area contributed by atoms with E-state index < -0.39 is 18.0 Å². The summed E-state index contributed by atoms with van der Waals surface area (Å²) in [4.78, 5) is 24.3. The van der Waals surface area contributed by atoms with Crippen molar-refractivity contribution in [1.29, 1.82) is 0 Å². The van der Waals surface area contributed by atoms with Gasteiger partial charge in [0.1, 0.15) is 12.4 Å². The number of anilines is 1. The first-order valence-corrected chi connectivity index (χ1v) is 10.4. The SMILES string of the molecule is CC(=O)N(NCc1cccc(F)c1Cl)[C@@H](CN)COC(=O)Nc1cc(-c2ccccc2)on1. The number of benzene rings is 2. The topological polar surface area (TPSA) is 123 Å². The number of halogens is 2. The predicted molar refractivity (Wildman–Crippen MR) is 121 cm³/mol. The predicted octanol–water partition coefficient (Wildman–Crippen LogP) is 3.56. The molecule has 0 saturated carbocycles. The van der Waals surface area contributed by atoms with Gasteiger partial charge in [0, 0.05) is 31.6 Å². The lowest BCUT2D eigenvalue weighted by Gasteiger charge is -2.30. The Morgan fingerprint density at radius 1 is 1.24 bits per heavy atom. The van der Waals surface area contributed by atoms with E-state index in [-0.39, 0.29) is 36.4 Å². The normalized spacial score (nSPS) is 11.6. The van der Waals surface area contributed by atoms with Crippen LogP contribution in [0.5, 0.6) is 0 Å². The molecule has 0 saturated heterocycles. The molecule has 3 aromatic rings. The molecule has 174 valence electrons. The van der Waals surface area contributed by atoms with Crippen LogP contribution in [0.4, 0.5) is 15.0 Å². The first-order valence-electron chi connectivity index (χ1n) is 10.0. The lowest BCUT2D eigenvalue weighted by atomic mass is 10.2. The zero-order chi connectivity index (χ0) is 23.8. The molecule has 0 spiro atoms. The molecule has 0 bridgehead atoms. The summed E-state index contributed by atoms with van der Waals surface area (Å²) in [6.45, 7) is 1.19. The zero-order valence-electron chi connectivity index (χ0n) is 17.8. The number of amides is 2. The van der Waals surface area contributed by atoms with Crippen molar-refractivity contribution in [2.75, 3.05) is 18.5 Å². The molecular formula is C22H23ClFN5O4. The highest BCUT2D eigenvalue weighted by molar-refractivity contribution is 6.31. The average Bonchev–Trinajstić information content (AvgIpc) is 3.27. The van der Waals surface area contributed by atoms with E-state index >= 15 is 0 Å². The minimum Gasteiger partial charge on any atom is -0.447 e. The molecule has 4 N–H and O–H groups in total. The maximum absolute atomic E-state index is 13.6. The number of ether oxygens (including phenoxy) is 1. The number of hydrazine groups is 1. The molecule has 0 radical (unpaired) electrons. The van der Waals surface area contributed by atoms with Crippen molar-refractivity contribution >= 4 is 29.4 Å². The molecule has 0 aliphatic heterocycles. The van der Waals surface area contributed by atoms with Crippen molar-refractivity contribution in [3.63, 3.8) is 0 Å². The summed E-state index contributed by atoms with van der Waals surface area (Å²) in [6, 6.07) is 14.5. The molecule has 2 aromatic carbocycles. The van der Waals surface area contributed by atoms with Crippen LogP contribution in [-0.4, -0.2) is 41.4 Å². The maximum atomic E-state index is 13.6. The molecule has 33 heavy (non-hydrogen) atoms. The summed E-state index contributed by atoms with van der Waals surface area (Å²) in [7, 11) is 0. The van der Waals surface area contributed by atoms with E-state index in [1.807, 2.05) is 30.3 Å². The molecule has 1 heterocycles. The molecule has 3 rings (SSSR count). The lowest BCUT2D eigenvalue weighted by molar-refractivity contribution is -0.136. The molecule has 0 fully saturated rings. The minimum atomic E-state index is -0.793. The number of aromatic nitrogens is 1. The van der Waals surface area contributed by atoms with Gasteiger partial charge in [-0.05, 0) is 11.6 Å². The third-order valence-corrected chi connectivity index (χ3v) is 5.08. The van der Waals surface area contributed by atoms with Crippen molar-refractivity contribution in [2.24, 2.45) is 5.73 Å². The Morgan fingerprint density at radius 2 is 2.00 bits per heavy atom. The number of carbonyl (C=O) groups is 2. The maximum Gasteiger partial charge on any atom is 0.412 e. The highest BCUT2D eigenvalue weighted by Gasteiger charge is 2.22. The Labute approximate surface area is 194 Å². The fraction of sp³-hybridized carbons (Fsp3) is 0.227. The minimum absolute atomic E-state index is 0.00113. The second-order valence-corrected chi connectivity index (χ2v) is 7.37. The smallest absolute Gasteiger partial charge is 0.412 e.